The maximum atomic E-state index is 10.5. The minimum absolute atomic E-state index is 0.170. The number of aliphatic carboxylic acids is 1. The molecular weight excluding hydrogens is 192 g/mol. The molecule has 1 aliphatic rings. The molecular formula is C11H16N2O2. The summed E-state index contributed by atoms with van der Waals surface area (Å²) in [4.78, 5) is 14.7. The second-order valence-electron chi connectivity index (χ2n) is 4.08. The van der Waals surface area contributed by atoms with Gasteiger partial charge >= 0.3 is 5.97 Å². The van der Waals surface area contributed by atoms with Crippen molar-refractivity contribution in [3.05, 3.63) is 18.2 Å². The average molecular weight is 208 g/mol. The molecule has 0 spiro atoms. The maximum absolute atomic E-state index is 10.5. The molecule has 1 aromatic rings. The Morgan fingerprint density at radius 3 is 2.93 bits per heavy atom. The van der Waals surface area contributed by atoms with Crippen LogP contribution in [0.5, 0.6) is 0 Å². The number of aromatic nitrogens is 2. The van der Waals surface area contributed by atoms with Crippen molar-refractivity contribution in [1.29, 1.82) is 0 Å². The Bertz CT molecular complexity index is 340. The minimum Gasteiger partial charge on any atom is -0.481 e. The molecule has 0 bridgehead atoms. The Morgan fingerprint density at radius 1 is 1.53 bits per heavy atom. The van der Waals surface area contributed by atoms with E-state index in [9.17, 15) is 4.79 Å². The van der Waals surface area contributed by atoms with E-state index >= 15 is 0 Å². The Hall–Kier alpha value is -1.32. The smallest absolute Gasteiger partial charge is 0.303 e. The summed E-state index contributed by atoms with van der Waals surface area (Å²) in [5.74, 6) is 0.167. The van der Waals surface area contributed by atoms with Crippen LogP contribution in [0.3, 0.4) is 0 Å². The molecule has 15 heavy (non-hydrogen) atoms. The Morgan fingerprint density at radius 2 is 2.27 bits per heavy atom. The lowest BCUT2D eigenvalue weighted by molar-refractivity contribution is -0.137. The van der Waals surface area contributed by atoms with Crippen LogP contribution in [0.15, 0.2) is 12.4 Å². The molecule has 0 atom stereocenters. The van der Waals surface area contributed by atoms with Crippen molar-refractivity contribution >= 4 is 5.97 Å². The highest BCUT2D eigenvalue weighted by molar-refractivity contribution is 5.66. The van der Waals surface area contributed by atoms with E-state index in [1.54, 1.807) is 6.20 Å². The molecule has 1 N–H and O–H groups in total. The molecule has 1 aliphatic carbocycles. The molecule has 1 aromatic heterocycles. The van der Waals surface area contributed by atoms with E-state index in [-0.39, 0.29) is 6.42 Å². The number of imidazole rings is 1. The van der Waals surface area contributed by atoms with Gasteiger partial charge in [-0.05, 0) is 12.8 Å². The highest BCUT2D eigenvalue weighted by atomic mass is 16.4. The standard InChI is InChI=1S/C11H16N2O2/c14-11(15)6-5-10-12-7-8-13(10)9-3-1-2-4-9/h7-9H,1-6H2,(H,14,15). The van der Waals surface area contributed by atoms with Crippen LogP contribution < -0.4 is 0 Å². The number of aryl methyl sites for hydroxylation is 1. The lowest BCUT2D eigenvalue weighted by atomic mass is 10.2. The van der Waals surface area contributed by atoms with Gasteiger partial charge in [0.05, 0.1) is 6.42 Å². The number of carboxylic acid groups (broad SMARTS) is 1. The zero-order valence-corrected chi connectivity index (χ0v) is 8.72. The van der Waals surface area contributed by atoms with Gasteiger partial charge in [0.15, 0.2) is 0 Å². The number of hydrogen-bond donors (Lipinski definition) is 1. The van der Waals surface area contributed by atoms with Crippen molar-refractivity contribution in [3.8, 4) is 0 Å². The fraction of sp³-hybridized carbons (Fsp3) is 0.636. The van der Waals surface area contributed by atoms with Crippen LogP contribution in [0.2, 0.25) is 0 Å². The monoisotopic (exact) mass is 208 g/mol. The van der Waals surface area contributed by atoms with Crippen LogP contribution >= 0.6 is 0 Å². The zero-order chi connectivity index (χ0) is 10.7. The molecule has 0 aromatic carbocycles. The Balaban J connectivity index is 2.04. The van der Waals surface area contributed by atoms with E-state index in [0.29, 0.717) is 12.5 Å². The summed E-state index contributed by atoms with van der Waals surface area (Å²) >= 11 is 0. The van der Waals surface area contributed by atoms with Crippen molar-refractivity contribution in [2.45, 2.75) is 44.6 Å². The number of carboxylic acids is 1. The largest absolute Gasteiger partial charge is 0.481 e. The average Bonchev–Trinajstić information content (AvgIpc) is 2.85. The molecule has 0 radical (unpaired) electrons. The van der Waals surface area contributed by atoms with Gasteiger partial charge in [0.25, 0.3) is 0 Å². The molecule has 0 unspecified atom stereocenters. The van der Waals surface area contributed by atoms with E-state index < -0.39 is 5.97 Å². The summed E-state index contributed by atoms with van der Waals surface area (Å²) in [6.45, 7) is 0. The van der Waals surface area contributed by atoms with Crippen LogP contribution in [0.1, 0.15) is 44.0 Å². The third-order valence-electron chi connectivity index (χ3n) is 3.03. The van der Waals surface area contributed by atoms with Gasteiger partial charge < -0.3 is 9.67 Å². The van der Waals surface area contributed by atoms with E-state index in [1.807, 2.05) is 6.20 Å². The predicted molar refractivity (Wildman–Crippen MR) is 55.7 cm³/mol. The summed E-state index contributed by atoms with van der Waals surface area (Å²) in [7, 11) is 0. The molecule has 4 nitrogen and oxygen atoms in total. The molecule has 0 saturated heterocycles. The second-order valence-corrected chi connectivity index (χ2v) is 4.08. The molecule has 0 aliphatic heterocycles. The molecule has 82 valence electrons. The number of rotatable bonds is 4. The lowest BCUT2D eigenvalue weighted by Gasteiger charge is -2.14. The summed E-state index contributed by atoms with van der Waals surface area (Å²) in [5, 5.41) is 8.63. The summed E-state index contributed by atoms with van der Waals surface area (Å²) in [6, 6.07) is 0.552. The van der Waals surface area contributed by atoms with Gasteiger partial charge in [0.1, 0.15) is 5.82 Å². The van der Waals surface area contributed by atoms with Gasteiger partial charge in [-0.3, -0.25) is 4.79 Å². The third kappa shape index (κ3) is 2.37. The molecule has 0 amide bonds. The molecule has 4 heteroatoms. The van der Waals surface area contributed by atoms with Crippen molar-refractivity contribution in [2.24, 2.45) is 0 Å². The first-order valence-corrected chi connectivity index (χ1v) is 5.51. The van der Waals surface area contributed by atoms with Gasteiger partial charge in [0, 0.05) is 24.9 Å². The molecule has 2 rings (SSSR count). The first-order valence-electron chi connectivity index (χ1n) is 5.51. The second kappa shape index (κ2) is 4.47. The van der Waals surface area contributed by atoms with E-state index in [0.717, 1.165) is 5.82 Å². The molecule has 1 heterocycles. The van der Waals surface area contributed by atoms with Crippen LogP contribution in [-0.4, -0.2) is 20.6 Å². The van der Waals surface area contributed by atoms with Gasteiger partial charge in [-0.15, -0.1) is 0 Å². The number of nitrogens with zero attached hydrogens (tertiary/aromatic N) is 2. The van der Waals surface area contributed by atoms with Crippen LogP contribution in [0.4, 0.5) is 0 Å². The van der Waals surface area contributed by atoms with Gasteiger partial charge in [-0.2, -0.15) is 0 Å². The van der Waals surface area contributed by atoms with Gasteiger partial charge in [0.2, 0.25) is 0 Å². The number of hydrogen-bond acceptors (Lipinski definition) is 2. The number of carbonyl (C=O) groups is 1. The summed E-state index contributed by atoms with van der Waals surface area (Å²) in [6.07, 6.45) is 9.43. The fourth-order valence-corrected chi connectivity index (χ4v) is 2.27. The van der Waals surface area contributed by atoms with Crippen LogP contribution in [-0.2, 0) is 11.2 Å². The highest BCUT2D eigenvalue weighted by Gasteiger charge is 2.19. The van der Waals surface area contributed by atoms with Crippen LogP contribution in [0.25, 0.3) is 0 Å². The molecule has 1 fully saturated rings. The summed E-state index contributed by atoms with van der Waals surface area (Å²) in [5.41, 5.74) is 0. The quantitative estimate of drug-likeness (QED) is 0.823. The zero-order valence-electron chi connectivity index (χ0n) is 8.72. The van der Waals surface area contributed by atoms with E-state index in [1.165, 1.54) is 25.7 Å². The van der Waals surface area contributed by atoms with Gasteiger partial charge in [-0.25, -0.2) is 4.98 Å². The first kappa shape index (κ1) is 10.2. The fourth-order valence-electron chi connectivity index (χ4n) is 2.27. The van der Waals surface area contributed by atoms with E-state index in [4.69, 9.17) is 5.11 Å². The SMILES string of the molecule is O=C(O)CCc1nccn1C1CCCC1. The maximum Gasteiger partial charge on any atom is 0.303 e. The van der Waals surface area contributed by atoms with Crippen molar-refractivity contribution in [2.75, 3.05) is 0 Å². The lowest BCUT2D eigenvalue weighted by Crippen LogP contribution is -2.10. The van der Waals surface area contributed by atoms with E-state index in [2.05, 4.69) is 9.55 Å². The van der Waals surface area contributed by atoms with Crippen molar-refractivity contribution < 1.29 is 9.90 Å². The Kier molecular flexibility index (Phi) is 3.04. The van der Waals surface area contributed by atoms with Gasteiger partial charge in [-0.1, -0.05) is 12.8 Å². The topological polar surface area (TPSA) is 55.1 Å². The first-order chi connectivity index (χ1) is 7.27. The van der Waals surface area contributed by atoms with Crippen molar-refractivity contribution in [1.82, 2.24) is 9.55 Å². The third-order valence-corrected chi connectivity index (χ3v) is 3.03. The molecule has 1 saturated carbocycles. The normalized spacial score (nSPS) is 17.1. The highest BCUT2D eigenvalue weighted by Crippen LogP contribution is 2.30. The van der Waals surface area contributed by atoms with Crippen LogP contribution in [0, 0.1) is 0 Å². The Labute approximate surface area is 88.9 Å². The predicted octanol–water partition coefficient (Wildman–Crippen LogP) is 2.02. The minimum atomic E-state index is -0.754. The summed E-state index contributed by atoms with van der Waals surface area (Å²) < 4.78 is 2.16. The van der Waals surface area contributed by atoms with Crippen molar-refractivity contribution in [3.63, 3.8) is 0 Å².